The van der Waals surface area contributed by atoms with Crippen molar-refractivity contribution >= 4 is 29.5 Å². The van der Waals surface area contributed by atoms with Gasteiger partial charge in [0.25, 0.3) is 0 Å². The average molecular weight is 534 g/mol. The molecule has 0 radical (unpaired) electrons. The molecule has 3 aromatic carbocycles. The Kier molecular flexibility index (Phi) is 8.86. The highest BCUT2D eigenvalue weighted by Crippen LogP contribution is 2.34. The van der Waals surface area contributed by atoms with E-state index in [0.717, 1.165) is 29.6 Å². The summed E-state index contributed by atoms with van der Waals surface area (Å²) in [6.07, 6.45) is 3.46. The summed E-state index contributed by atoms with van der Waals surface area (Å²) in [5, 5.41) is 0.992. The van der Waals surface area contributed by atoms with E-state index in [0.29, 0.717) is 46.2 Å². The number of ether oxygens (including phenoxy) is 2. The first-order valence-corrected chi connectivity index (χ1v) is 12.9. The number of carbonyl (C=O) groups is 1. The topological polar surface area (TPSA) is 48.4 Å². The Hall–Kier alpha value is -3.34. The lowest BCUT2D eigenvalue weighted by Gasteiger charge is -2.17. The van der Waals surface area contributed by atoms with E-state index in [4.69, 9.17) is 32.7 Å². The van der Waals surface area contributed by atoms with E-state index in [1.807, 2.05) is 37.3 Å². The third-order valence-corrected chi connectivity index (χ3v) is 6.81. The van der Waals surface area contributed by atoms with Crippen LogP contribution < -0.4 is 9.47 Å². The Bertz CT molecular complexity index is 1360. The second kappa shape index (κ2) is 12.3. The summed E-state index contributed by atoms with van der Waals surface area (Å²) < 4.78 is 11.5. The first-order valence-electron chi connectivity index (χ1n) is 12.2. The van der Waals surface area contributed by atoms with Crippen LogP contribution in [-0.2, 0) is 6.42 Å². The van der Waals surface area contributed by atoms with Crippen molar-refractivity contribution < 1.29 is 14.3 Å². The second-order valence-corrected chi connectivity index (χ2v) is 9.95. The molecule has 0 spiro atoms. The number of carbonyl (C=O) groups excluding carboxylic acids is 1. The average Bonchev–Trinajstić information content (AvgIpc) is 2.88. The molecule has 1 heterocycles. The lowest BCUT2D eigenvalue weighted by molar-refractivity contribution is 0.112. The summed E-state index contributed by atoms with van der Waals surface area (Å²) >= 11 is 12.5. The fourth-order valence-electron chi connectivity index (χ4n) is 4.44. The van der Waals surface area contributed by atoms with Crippen molar-refractivity contribution in [1.82, 2.24) is 4.98 Å². The zero-order valence-electron chi connectivity index (χ0n) is 21.1. The minimum absolute atomic E-state index is 0.326. The highest BCUT2D eigenvalue weighted by Gasteiger charge is 2.13. The quantitative estimate of drug-likeness (QED) is 0.152. The molecular weight excluding hydrogens is 505 g/mol. The predicted molar refractivity (Wildman–Crippen MR) is 151 cm³/mol. The van der Waals surface area contributed by atoms with Gasteiger partial charge in [-0.1, -0.05) is 54.4 Å². The number of rotatable bonds is 10. The summed E-state index contributed by atoms with van der Waals surface area (Å²) in [5.41, 5.74) is 6.93. The molecule has 4 aromatic rings. The van der Waals surface area contributed by atoms with E-state index >= 15 is 0 Å². The number of halogens is 2. The number of aromatic nitrogens is 1. The molecule has 0 aliphatic carbocycles. The van der Waals surface area contributed by atoms with Gasteiger partial charge in [-0.2, -0.15) is 0 Å². The summed E-state index contributed by atoms with van der Waals surface area (Å²) in [7, 11) is 0. The third kappa shape index (κ3) is 6.71. The molecule has 0 saturated heterocycles. The Balaban J connectivity index is 1.32. The molecule has 0 fully saturated rings. The predicted octanol–water partition coefficient (Wildman–Crippen LogP) is 8.29. The Morgan fingerprint density at radius 3 is 2.30 bits per heavy atom. The maximum absolute atomic E-state index is 11.4. The minimum Gasteiger partial charge on any atom is -0.490 e. The number of pyridine rings is 1. The SMILES string of the molecule is Cc1cc(Cl)c(OCCOc2ccc(CC(C)c3ccc(-c4ncccc4C=O)cc3C)cc2)c(Cl)c1. The lowest BCUT2D eigenvalue weighted by atomic mass is 9.89. The largest absolute Gasteiger partial charge is 0.490 e. The van der Waals surface area contributed by atoms with Crippen molar-refractivity contribution in [3.63, 3.8) is 0 Å². The molecule has 0 bridgehead atoms. The van der Waals surface area contributed by atoms with Gasteiger partial charge in [-0.15, -0.1) is 0 Å². The highest BCUT2D eigenvalue weighted by atomic mass is 35.5. The number of aryl methyl sites for hydroxylation is 2. The van der Waals surface area contributed by atoms with Crippen LogP contribution in [0.4, 0.5) is 0 Å². The molecule has 1 atom stereocenters. The second-order valence-electron chi connectivity index (χ2n) is 9.13. The summed E-state index contributed by atoms with van der Waals surface area (Å²) in [5.74, 6) is 1.59. The van der Waals surface area contributed by atoms with Gasteiger partial charge in [-0.25, -0.2) is 0 Å². The van der Waals surface area contributed by atoms with Gasteiger partial charge in [0.05, 0.1) is 15.7 Å². The fraction of sp³-hybridized carbons (Fsp3) is 0.226. The maximum atomic E-state index is 11.4. The van der Waals surface area contributed by atoms with Gasteiger partial charge in [0, 0.05) is 17.3 Å². The van der Waals surface area contributed by atoms with E-state index in [-0.39, 0.29) is 0 Å². The van der Waals surface area contributed by atoms with Gasteiger partial charge >= 0.3 is 0 Å². The molecule has 6 heteroatoms. The number of hydrogen-bond donors (Lipinski definition) is 0. The molecule has 4 nitrogen and oxygen atoms in total. The van der Waals surface area contributed by atoms with Crippen LogP contribution >= 0.6 is 23.2 Å². The number of hydrogen-bond acceptors (Lipinski definition) is 4. The zero-order valence-corrected chi connectivity index (χ0v) is 22.6. The first kappa shape index (κ1) is 26.7. The van der Waals surface area contributed by atoms with E-state index in [1.54, 1.807) is 18.3 Å². The van der Waals surface area contributed by atoms with Crippen LogP contribution in [0.1, 0.15) is 45.5 Å². The Morgan fingerprint density at radius 2 is 1.62 bits per heavy atom. The number of nitrogens with zero attached hydrogens (tertiary/aromatic N) is 1. The van der Waals surface area contributed by atoms with Crippen molar-refractivity contribution in [2.75, 3.05) is 13.2 Å². The first-order chi connectivity index (χ1) is 17.9. The molecule has 190 valence electrons. The van der Waals surface area contributed by atoms with Crippen LogP contribution in [0.15, 0.2) is 72.9 Å². The van der Waals surface area contributed by atoms with E-state index < -0.39 is 0 Å². The molecule has 4 rings (SSSR count). The van der Waals surface area contributed by atoms with Crippen molar-refractivity contribution in [3.05, 3.63) is 111 Å². The standard InChI is InChI=1S/C31H29Cl2NO3/c1-20-15-28(32)31(29(33)16-20)37-14-13-36-26-9-6-23(7-10-26)17-21(2)27-11-8-24(18-22(27)3)30-25(19-35)5-4-12-34-30/h4-12,15-16,18-19,21H,13-14,17H2,1-3H3. The lowest BCUT2D eigenvalue weighted by Crippen LogP contribution is -2.09. The molecule has 0 saturated carbocycles. The maximum Gasteiger partial charge on any atom is 0.156 e. The molecule has 0 amide bonds. The molecule has 1 unspecified atom stereocenters. The van der Waals surface area contributed by atoms with Gasteiger partial charge in [-0.3, -0.25) is 9.78 Å². The van der Waals surface area contributed by atoms with Crippen LogP contribution in [0.5, 0.6) is 11.5 Å². The highest BCUT2D eigenvalue weighted by molar-refractivity contribution is 6.37. The van der Waals surface area contributed by atoms with Crippen molar-refractivity contribution in [1.29, 1.82) is 0 Å². The third-order valence-electron chi connectivity index (χ3n) is 6.25. The molecule has 37 heavy (non-hydrogen) atoms. The summed E-state index contributed by atoms with van der Waals surface area (Å²) in [6.45, 7) is 6.98. The minimum atomic E-state index is 0.326. The normalized spacial score (nSPS) is 11.7. The zero-order chi connectivity index (χ0) is 26.4. The van der Waals surface area contributed by atoms with Gasteiger partial charge < -0.3 is 9.47 Å². The summed E-state index contributed by atoms with van der Waals surface area (Å²) in [6, 6.07) is 21.6. The van der Waals surface area contributed by atoms with Crippen LogP contribution in [0.3, 0.4) is 0 Å². The summed E-state index contributed by atoms with van der Waals surface area (Å²) in [4.78, 5) is 15.8. The fourth-order valence-corrected chi connectivity index (χ4v) is 5.15. The van der Waals surface area contributed by atoms with E-state index in [2.05, 4.69) is 43.1 Å². The molecule has 0 aliphatic rings. The van der Waals surface area contributed by atoms with Crippen LogP contribution in [0.25, 0.3) is 11.3 Å². The van der Waals surface area contributed by atoms with Crippen molar-refractivity contribution in [2.45, 2.75) is 33.1 Å². The van der Waals surface area contributed by atoms with Crippen LogP contribution in [0.2, 0.25) is 10.0 Å². The van der Waals surface area contributed by atoms with Crippen molar-refractivity contribution in [3.8, 4) is 22.8 Å². The van der Waals surface area contributed by atoms with Gasteiger partial charge in [0.15, 0.2) is 12.0 Å². The van der Waals surface area contributed by atoms with Crippen LogP contribution in [-0.4, -0.2) is 24.5 Å². The van der Waals surface area contributed by atoms with E-state index in [1.165, 1.54) is 16.7 Å². The van der Waals surface area contributed by atoms with Gasteiger partial charge in [-0.05, 0) is 90.9 Å². The Morgan fingerprint density at radius 1 is 0.919 bits per heavy atom. The molecule has 0 aliphatic heterocycles. The molecule has 1 aromatic heterocycles. The van der Waals surface area contributed by atoms with Crippen molar-refractivity contribution in [2.24, 2.45) is 0 Å². The van der Waals surface area contributed by atoms with Crippen LogP contribution in [0, 0.1) is 13.8 Å². The van der Waals surface area contributed by atoms with Gasteiger partial charge in [0.1, 0.15) is 19.0 Å². The number of aldehydes is 1. The van der Waals surface area contributed by atoms with Gasteiger partial charge in [0.2, 0.25) is 0 Å². The smallest absolute Gasteiger partial charge is 0.156 e. The monoisotopic (exact) mass is 533 g/mol. The number of benzene rings is 3. The van der Waals surface area contributed by atoms with E-state index in [9.17, 15) is 4.79 Å². The molecular formula is C31H29Cl2NO3. The molecule has 0 N–H and O–H groups in total. The Labute approximate surface area is 228 Å².